The Labute approximate surface area is 137 Å². The van der Waals surface area contributed by atoms with Gasteiger partial charge in [-0.1, -0.05) is 12.1 Å². The number of rotatable bonds is 7. The summed E-state index contributed by atoms with van der Waals surface area (Å²) in [6.07, 6.45) is 0.0450. The number of methoxy groups -OCH3 is 1. The van der Waals surface area contributed by atoms with E-state index in [1.165, 1.54) is 12.1 Å². The second-order valence-corrected chi connectivity index (χ2v) is 7.08. The van der Waals surface area contributed by atoms with Gasteiger partial charge in [0.2, 0.25) is 10.0 Å². The predicted molar refractivity (Wildman–Crippen MR) is 89.2 cm³/mol. The molecule has 0 aromatic heterocycles. The minimum atomic E-state index is -3.57. The Morgan fingerprint density at radius 2 is 1.74 bits per heavy atom. The van der Waals surface area contributed by atoms with Gasteiger partial charge in [-0.3, -0.25) is 0 Å². The van der Waals surface area contributed by atoms with E-state index in [0.29, 0.717) is 11.5 Å². The highest BCUT2D eigenvalue weighted by molar-refractivity contribution is 7.89. The molecular weight excluding hydrogens is 314 g/mol. The first kappa shape index (κ1) is 17.3. The molecule has 124 valence electrons. The van der Waals surface area contributed by atoms with Gasteiger partial charge in [-0.15, -0.1) is 0 Å². The molecule has 0 fully saturated rings. The molecule has 2 aromatic rings. The smallest absolute Gasteiger partial charge is 0.240 e. The average molecular weight is 335 g/mol. The maximum Gasteiger partial charge on any atom is 0.240 e. The summed E-state index contributed by atoms with van der Waals surface area (Å²) in [5, 5.41) is 0. The standard InChI is InChI=1S/C17H21NO4S/c1-13(2)22-15-7-9-17(10-8-15)23(19,20)18-12-14-5-4-6-16(11-14)21-3/h4-11,13,18H,12H2,1-3H3. The van der Waals surface area contributed by atoms with Gasteiger partial charge in [0.25, 0.3) is 0 Å². The summed E-state index contributed by atoms with van der Waals surface area (Å²) in [5.74, 6) is 1.34. The number of hydrogen-bond acceptors (Lipinski definition) is 4. The Kier molecular flexibility index (Phi) is 5.63. The van der Waals surface area contributed by atoms with Crippen molar-refractivity contribution in [2.45, 2.75) is 31.4 Å². The molecule has 0 aliphatic rings. The number of benzene rings is 2. The van der Waals surface area contributed by atoms with Crippen LogP contribution in [0, 0.1) is 0 Å². The average Bonchev–Trinajstić information content (AvgIpc) is 2.53. The number of hydrogen-bond donors (Lipinski definition) is 1. The molecule has 0 unspecified atom stereocenters. The molecule has 1 N–H and O–H groups in total. The molecule has 0 heterocycles. The second-order valence-electron chi connectivity index (χ2n) is 5.31. The normalized spacial score (nSPS) is 11.5. The zero-order valence-corrected chi connectivity index (χ0v) is 14.3. The number of nitrogens with one attached hydrogen (secondary N) is 1. The Bertz CT molecular complexity index is 739. The summed E-state index contributed by atoms with van der Waals surface area (Å²) in [5.41, 5.74) is 0.827. The van der Waals surface area contributed by atoms with Crippen molar-refractivity contribution in [3.05, 3.63) is 54.1 Å². The summed E-state index contributed by atoms with van der Waals surface area (Å²) < 4.78 is 37.8. The maximum absolute atomic E-state index is 12.3. The lowest BCUT2D eigenvalue weighted by Crippen LogP contribution is -2.23. The lowest BCUT2D eigenvalue weighted by atomic mass is 10.2. The summed E-state index contributed by atoms with van der Waals surface area (Å²) in [6, 6.07) is 13.6. The second kappa shape index (κ2) is 7.48. The summed E-state index contributed by atoms with van der Waals surface area (Å²) in [6.45, 7) is 4.03. The van der Waals surface area contributed by atoms with E-state index >= 15 is 0 Å². The van der Waals surface area contributed by atoms with Gasteiger partial charge in [-0.2, -0.15) is 0 Å². The van der Waals surface area contributed by atoms with Crippen LogP contribution in [0.15, 0.2) is 53.4 Å². The third-order valence-electron chi connectivity index (χ3n) is 3.11. The molecule has 6 heteroatoms. The Morgan fingerprint density at radius 3 is 2.35 bits per heavy atom. The van der Waals surface area contributed by atoms with E-state index < -0.39 is 10.0 Å². The highest BCUT2D eigenvalue weighted by atomic mass is 32.2. The molecule has 2 rings (SSSR count). The van der Waals surface area contributed by atoms with Gasteiger partial charge in [0.1, 0.15) is 11.5 Å². The molecule has 0 saturated heterocycles. The van der Waals surface area contributed by atoms with Gasteiger partial charge in [-0.25, -0.2) is 13.1 Å². The van der Waals surface area contributed by atoms with Crippen LogP contribution in [0.3, 0.4) is 0 Å². The fourth-order valence-corrected chi connectivity index (χ4v) is 3.03. The first-order chi connectivity index (χ1) is 10.9. The molecular formula is C17H21NO4S. The molecule has 5 nitrogen and oxygen atoms in total. The number of sulfonamides is 1. The van der Waals surface area contributed by atoms with E-state index in [1.54, 1.807) is 25.3 Å². The largest absolute Gasteiger partial charge is 0.497 e. The van der Waals surface area contributed by atoms with Gasteiger partial charge >= 0.3 is 0 Å². The Balaban J connectivity index is 2.06. The fraction of sp³-hybridized carbons (Fsp3) is 0.294. The van der Waals surface area contributed by atoms with Crippen LogP contribution in [0.1, 0.15) is 19.4 Å². The van der Waals surface area contributed by atoms with Crippen molar-refractivity contribution in [3.8, 4) is 11.5 Å². The Hall–Kier alpha value is -2.05. The highest BCUT2D eigenvalue weighted by Crippen LogP contribution is 2.18. The first-order valence-electron chi connectivity index (χ1n) is 7.30. The number of ether oxygens (including phenoxy) is 2. The topological polar surface area (TPSA) is 64.6 Å². The fourth-order valence-electron chi connectivity index (χ4n) is 2.01. The molecule has 0 saturated carbocycles. The van der Waals surface area contributed by atoms with Crippen LogP contribution in [0.2, 0.25) is 0 Å². The molecule has 2 aromatic carbocycles. The van der Waals surface area contributed by atoms with E-state index in [-0.39, 0.29) is 17.5 Å². The van der Waals surface area contributed by atoms with Crippen LogP contribution >= 0.6 is 0 Å². The van der Waals surface area contributed by atoms with Gasteiger partial charge in [0.15, 0.2) is 0 Å². The van der Waals surface area contributed by atoms with Crippen molar-refractivity contribution in [2.24, 2.45) is 0 Å². The van der Waals surface area contributed by atoms with Crippen molar-refractivity contribution >= 4 is 10.0 Å². The van der Waals surface area contributed by atoms with Crippen LogP contribution in [-0.4, -0.2) is 21.6 Å². The maximum atomic E-state index is 12.3. The van der Waals surface area contributed by atoms with E-state index in [4.69, 9.17) is 9.47 Å². The first-order valence-corrected chi connectivity index (χ1v) is 8.78. The van der Waals surface area contributed by atoms with E-state index in [9.17, 15) is 8.42 Å². The monoisotopic (exact) mass is 335 g/mol. The van der Waals surface area contributed by atoms with Crippen molar-refractivity contribution < 1.29 is 17.9 Å². The molecule has 0 radical (unpaired) electrons. The quantitative estimate of drug-likeness (QED) is 0.845. The van der Waals surface area contributed by atoms with Crippen molar-refractivity contribution in [1.29, 1.82) is 0 Å². The zero-order valence-electron chi connectivity index (χ0n) is 13.4. The van der Waals surface area contributed by atoms with Gasteiger partial charge in [-0.05, 0) is 55.8 Å². The highest BCUT2D eigenvalue weighted by Gasteiger charge is 2.14. The predicted octanol–water partition coefficient (Wildman–Crippen LogP) is 2.96. The van der Waals surface area contributed by atoms with Gasteiger partial charge in [0, 0.05) is 6.54 Å². The molecule has 0 atom stereocenters. The van der Waals surface area contributed by atoms with Crippen molar-refractivity contribution in [3.63, 3.8) is 0 Å². The van der Waals surface area contributed by atoms with Crippen LogP contribution in [-0.2, 0) is 16.6 Å². The molecule has 0 aliphatic carbocycles. The van der Waals surface area contributed by atoms with Gasteiger partial charge in [0.05, 0.1) is 18.1 Å². The molecule has 0 bridgehead atoms. The summed E-state index contributed by atoms with van der Waals surface area (Å²) in [4.78, 5) is 0.205. The van der Waals surface area contributed by atoms with Crippen molar-refractivity contribution in [1.82, 2.24) is 4.72 Å². The van der Waals surface area contributed by atoms with Crippen molar-refractivity contribution in [2.75, 3.05) is 7.11 Å². The lowest BCUT2D eigenvalue weighted by Gasteiger charge is -2.11. The minimum absolute atomic E-state index is 0.0450. The van der Waals surface area contributed by atoms with Crippen LogP contribution < -0.4 is 14.2 Å². The van der Waals surface area contributed by atoms with E-state index in [1.807, 2.05) is 32.0 Å². The van der Waals surface area contributed by atoms with Crippen LogP contribution in [0.4, 0.5) is 0 Å². The molecule has 0 spiro atoms. The third kappa shape index (κ3) is 4.97. The molecule has 0 amide bonds. The SMILES string of the molecule is COc1cccc(CNS(=O)(=O)c2ccc(OC(C)C)cc2)c1. The van der Waals surface area contributed by atoms with Gasteiger partial charge < -0.3 is 9.47 Å². The van der Waals surface area contributed by atoms with Crippen LogP contribution in [0.5, 0.6) is 11.5 Å². The van der Waals surface area contributed by atoms with E-state index in [2.05, 4.69) is 4.72 Å². The van der Waals surface area contributed by atoms with Crippen LogP contribution in [0.25, 0.3) is 0 Å². The summed E-state index contributed by atoms with van der Waals surface area (Å²) in [7, 11) is -2.00. The minimum Gasteiger partial charge on any atom is -0.497 e. The van der Waals surface area contributed by atoms with E-state index in [0.717, 1.165) is 5.56 Å². The zero-order chi connectivity index (χ0) is 16.9. The molecule has 0 aliphatic heterocycles. The lowest BCUT2D eigenvalue weighted by molar-refractivity contribution is 0.242. The summed E-state index contributed by atoms with van der Waals surface area (Å²) >= 11 is 0. The Morgan fingerprint density at radius 1 is 1.04 bits per heavy atom. The third-order valence-corrected chi connectivity index (χ3v) is 4.52. The molecule has 23 heavy (non-hydrogen) atoms.